The second-order valence-electron chi connectivity index (χ2n) is 5.74. The van der Waals surface area contributed by atoms with Gasteiger partial charge in [0.25, 0.3) is 10.0 Å². The highest BCUT2D eigenvalue weighted by Gasteiger charge is 2.13. The summed E-state index contributed by atoms with van der Waals surface area (Å²) in [5.41, 5.74) is 4.01. The highest BCUT2D eigenvalue weighted by atomic mass is 32.2. The molecule has 0 amide bonds. The van der Waals surface area contributed by atoms with Gasteiger partial charge in [-0.3, -0.25) is 0 Å². The van der Waals surface area contributed by atoms with Gasteiger partial charge in [-0.05, 0) is 32.0 Å². The third-order valence-electron chi connectivity index (χ3n) is 4.15. The van der Waals surface area contributed by atoms with Gasteiger partial charge in [-0.1, -0.05) is 35.9 Å². The van der Waals surface area contributed by atoms with Gasteiger partial charge in [-0.25, -0.2) is 4.83 Å². The fourth-order valence-corrected chi connectivity index (χ4v) is 3.43. The SMILES string of the molecule is Cc1ccc(S(=O)(=O)NN=Cc2c(C)n(C)c3ccccc23)cc1. The molecule has 0 aliphatic carbocycles. The second-order valence-corrected chi connectivity index (χ2v) is 7.40. The molecule has 0 spiro atoms. The van der Waals surface area contributed by atoms with E-state index in [1.54, 1.807) is 30.5 Å². The normalized spacial score (nSPS) is 12.1. The number of hydrogen-bond donors (Lipinski definition) is 1. The van der Waals surface area contributed by atoms with Crippen LogP contribution in [0.1, 0.15) is 16.8 Å². The number of hydrazone groups is 1. The lowest BCUT2D eigenvalue weighted by Crippen LogP contribution is -2.18. The molecule has 0 saturated carbocycles. The zero-order valence-corrected chi connectivity index (χ0v) is 14.6. The van der Waals surface area contributed by atoms with Crippen LogP contribution >= 0.6 is 0 Å². The Hall–Kier alpha value is -2.60. The van der Waals surface area contributed by atoms with E-state index in [1.165, 1.54) is 0 Å². The molecule has 1 heterocycles. The number of benzene rings is 2. The number of nitrogens with zero attached hydrogens (tertiary/aromatic N) is 2. The van der Waals surface area contributed by atoms with Crippen LogP contribution in [-0.4, -0.2) is 19.2 Å². The van der Waals surface area contributed by atoms with Gasteiger partial charge in [0.15, 0.2) is 0 Å². The molecule has 0 unspecified atom stereocenters. The van der Waals surface area contributed by atoms with E-state index < -0.39 is 10.0 Å². The Kier molecular flexibility index (Phi) is 4.15. The van der Waals surface area contributed by atoms with Crippen molar-refractivity contribution in [1.29, 1.82) is 0 Å². The number of aromatic nitrogens is 1. The first-order valence-electron chi connectivity index (χ1n) is 7.56. The first-order valence-corrected chi connectivity index (χ1v) is 9.04. The van der Waals surface area contributed by atoms with E-state index >= 15 is 0 Å². The molecule has 1 N–H and O–H groups in total. The molecule has 0 saturated heterocycles. The first-order chi connectivity index (χ1) is 11.4. The minimum Gasteiger partial charge on any atom is -0.347 e. The average Bonchev–Trinajstić information content (AvgIpc) is 2.80. The van der Waals surface area contributed by atoms with Crippen LogP contribution in [-0.2, 0) is 17.1 Å². The predicted molar refractivity (Wildman–Crippen MR) is 96.8 cm³/mol. The molecule has 0 aliphatic heterocycles. The maximum absolute atomic E-state index is 12.3. The number of para-hydroxylation sites is 1. The van der Waals surface area contributed by atoms with Crippen molar-refractivity contribution in [1.82, 2.24) is 9.40 Å². The van der Waals surface area contributed by atoms with E-state index in [2.05, 4.69) is 14.5 Å². The number of aryl methyl sites for hydroxylation is 2. The summed E-state index contributed by atoms with van der Waals surface area (Å²) in [6.07, 6.45) is 1.56. The van der Waals surface area contributed by atoms with Crippen LogP contribution in [0.4, 0.5) is 0 Å². The van der Waals surface area contributed by atoms with Crippen LogP contribution in [0.3, 0.4) is 0 Å². The van der Waals surface area contributed by atoms with Crippen molar-refractivity contribution < 1.29 is 8.42 Å². The van der Waals surface area contributed by atoms with E-state index in [9.17, 15) is 8.42 Å². The number of rotatable bonds is 4. The Balaban J connectivity index is 1.90. The maximum atomic E-state index is 12.3. The Labute approximate surface area is 141 Å². The molecule has 0 aliphatic rings. The quantitative estimate of drug-likeness (QED) is 0.585. The van der Waals surface area contributed by atoms with E-state index in [0.29, 0.717) is 0 Å². The summed E-state index contributed by atoms with van der Waals surface area (Å²) in [5, 5.41) is 5.00. The Bertz CT molecular complexity index is 1020. The third-order valence-corrected chi connectivity index (χ3v) is 5.38. The van der Waals surface area contributed by atoms with Crippen LogP contribution in [0.5, 0.6) is 0 Å². The molecule has 0 atom stereocenters. The van der Waals surface area contributed by atoms with Gasteiger partial charge in [0.2, 0.25) is 0 Å². The Morgan fingerprint density at radius 1 is 1.04 bits per heavy atom. The lowest BCUT2D eigenvalue weighted by atomic mass is 10.1. The molecule has 24 heavy (non-hydrogen) atoms. The molecule has 5 nitrogen and oxygen atoms in total. The highest BCUT2D eigenvalue weighted by molar-refractivity contribution is 7.89. The molecule has 1 aromatic heterocycles. The number of hydrogen-bond acceptors (Lipinski definition) is 3. The fraction of sp³-hybridized carbons (Fsp3) is 0.167. The summed E-state index contributed by atoms with van der Waals surface area (Å²) < 4.78 is 26.6. The summed E-state index contributed by atoms with van der Waals surface area (Å²) in [6, 6.07) is 14.6. The van der Waals surface area contributed by atoms with Gasteiger partial charge in [0.05, 0.1) is 11.1 Å². The molecular weight excluding hydrogens is 322 g/mol. The highest BCUT2D eigenvalue weighted by Crippen LogP contribution is 2.23. The van der Waals surface area contributed by atoms with Gasteiger partial charge in [-0.15, -0.1) is 0 Å². The van der Waals surface area contributed by atoms with Crippen LogP contribution in [0.25, 0.3) is 10.9 Å². The van der Waals surface area contributed by atoms with Crippen LogP contribution in [0, 0.1) is 13.8 Å². The molecule has 6 heteroatoms. The second kappa shape index (κ2) is 6.13. The third kappa shape index (κ3) is 2.92. The Morgan fingerprint density at radius 3 is 2.42 bits per heavy atom. The van der Waals surface area contributed by atoms with Gasteiger partial charge in [0, 0.05) is 29.2 Å². The van der Waals surface area contributed by atoms with Crippen LogP contribution in [0.2, 0.25) is 0 Å². The summed E-state index contributed by atoms with van der Waals surface area (Å²) in [7, 11) is -1.68. The largest absolute Gasteiger partial charge is 0.347 e. The van der Waals surface area contributed by atoms with Crippen molar-refractivity contribution in [2.45, 2.75) is 18.7 Å². The number of nitrogens with one attached hydrogen (secondary N) is 1. The van der Waals surface area contributed by atoms with Crippen molar-refractivity contribution in [2.24, 2.45) is 12.1 Å². The van der Waals surface area contributed by atoms with E-state index in [0.717, 1.165) is 27.7 Å². The van der Waals surface area contributed by atoms with Crippen LogP contribution < -0.4 is 4.83 Å². The minimum absolute atomic E-state index is 0.194. The summed E-state index contributed by atoms with van der Waals surface area (Å²) >= 11 is 0. The average molecular weight is 341 g/mol. The zero-order chi connectivity index (χ0) is 17.3. The molecular formula is C18H19N3O2S. The molecule has 0 bridgehead atoms. The summed E-state index contributed by atoms with van der Waals surface area (Å²) in [6.45, 7) is 3.89. The predicted octanol–water partition coefficient (Wildman–Crippen LogP) is 3.11. The smallest absolute Gasteiger partial charge is 0.276 e. The fourth-order valence-electron chi connectivity index (χ4n) is 2.64. The molecule has 124 valence electrons. The van der Waals surface area contributed by atoms with Crippen molar-refractivity contribution in [3.05, 3.63) is 65.4 Å². The summed E-state index contributed by atoms with van der Waals surface area (Å²) in [4.78, 5) is 2.47. The van der Waals surface area contributed by atoms with E-state index in [1.807, 2.05) is 45.2 Å². The lowest BCUT2D eigenvalue weighted by molar-refractivity contribution is 0.584. The summed E-state index contributed by atoms with van der Waals surface area (Å²) in [5.74, 6) is 0. The molecule has 2 aromatic carbocycles. The van der Waals surface area contributed by atoms with E-state index in [4.69, 9.17) is 0 Å². The molecule has 3 aromatic rings. The van der Waals surface area contributed by atoms with Crippen molar-refractivity contribution in [3.63, 3.8) is 0 Å². The lowest BCUT2D eigenvalue weighted by Gasteiger charge is -2.03. The topological polar surface area (TPSA) is 63.5 Å². The minimum atomic E-state index is -3.66. The van der Waals surface area contributed by atoms with Gasteiger partial charge < -0.3 is 4.57 Å². The molecule has 0 radical (unpaired) electrons. The molecule has 0 fully saturated rings. The first kappa shape index (κ1) is 16.3. The standard InChI is InChI=1S/C18H19N3O2S/c1-13-8-10-15(11-9-13)24(22,23)20-19-12-17-14(2)21(3)18-7-5-4-6-16(17)18/h4-12,20H,1-3H3. The molecule has 3 rings (SSSR count). The van der Waals surface area contributed by atoms with Gasteiger partial charge in [-0.2, -0.15) is 13.5 Å². The maximum Gasteiger partial charge on any atom is 0.276 e. The zero-order valence-electron chi connectivity index (χ0n) is 13.8. The van der Waals surface area contributed by atoms with Gasteiger partial charge in [0.1, 0.15) is 0 Å². The monoisotopic (exact) mass is 341 g/mol. The van der Waals surface area contributed by atoms with Crippen LogP contribution in [0.15, 0.2) is 58.5 Å². The number of sulfonamides is 1. The van der Waals surface area contributed by atoms with E-state index in [-0.39, 0.29) is 4.90 Å². The van der Waals surface area contributed by atoms with Crippen molar-refractivity contribution in [3.8, 4) is 0 Å². The van der Waals surface area contributed by atoms with Crippen molar-refractivity contribution >= 4 is 27.1 Å². The Morgan fingerprint density at radius 2 is 1.71 bits per heavy atom. The van der Waals surface area contributed by atoms with Crippen molar-refractivity contribution in [2.75, 3.05) is 0 Å². The van der Waals surface area contributed by atoms with Gasteiger partial charge >= 0.3 is 0 Å². The number of fused-ring (bicyclic) bond motifs is 1.